The molecule has 0 saturated heterocycles. The molecule has 1 aromatic carbocycles. The number of amides is 1. The van der Waals surface area contributed by atoms with Gasteiger partial charge in [0, 0.05) is 34.1 Å². The van der Waals surface area contributed by atoms with Crippen LogP contribution in [0.3, 0.4) is 0 Å². The number of aryl methyl sites for hydroxylation is 1. The second-order valence-electron chi connectivity index (χ2n) is 4.92. The smallest absolute Gasteiger partial charge is 0.270 e. The largest absolute Gasteiger partial charge is 0.350 e. The molecule has 0 aliphatic rings. The maximum atomic E-state index is 12.3. The van der Waals surface area contributed by atoms with E-state index in [0.717, 1.165) is 10.0 Å². The van der Waals surface area contributed by atoms with Crippen LogP contribution in [0.4, 0.5) is 5.69 Å². The van der Waals surface area contributed by atoms with Crippen LogP contribution in [0.1, 0.15) is 29.9 Å². The number of rotatable bonds is 5. The molecular formula is C14H15N3O3S2. The number of carbonyl (C=O) groups is 1. The summed E-state index contributed by atoms with van der Waals surface area (Å²) < 4.78 is 0.796. The molecule has 22 heavy (non-hydrogen) atoms. The first-order valence-corrected chi connectivity index (χ1v) is 8.25. The number of nitrogens with one attached hydrogen (secondary N) is 1. The maximum Gasteiger partial charge on any atom is 0.270 e. The molecule has 1 N–H and O–H groups in total. The molecule has 8 heteroatoms. The van der Waals surface area contributed by atoms with Crippen molar-refractivity contribution in [2.45, 2.75) is 36.0 Å². The van der Waals surface area contributed by atoms with Crippen molar-refractivity contribution in [3.05, 3.63) is 45.0 Å². The number of nitro benzene ring substituents is 1. The molecule has 0 bridgehead atoms. The molecule has 1 aromatic heterocycles. The highest BCUT2D eigenvalue weighted by molar-refractivity contribution is 8.01. The molecule has 116 valence electrons. The lowest BCUT2D eigenvalue weighted by molar-refractivity contribution is -0.384. The molecular weight excluding hydrogens is 322 g/mol. The third kappa shape index (κ3) is 4.05. The van der Waals surface area contributed by atoms with Crippen molar-refractivity contribution in [2.24, 2.45) is 0 Å². The fourth-order valence-electron chi connectivity index (χ4n) is 1.71. The first-order valence-electron chi connectivity index (χ1n) is 6.56. The molecule has 0 saturated carbocycles. The van der Waals surface area contributed by atoms with E-state index in [4.69, 9.17) is 0 Å². The highest BCUT2D eigenvalue weighted by Crippen LogP contribution is 2.34. The minimum absolute atomic E-state index is 0.0493. The summed E-state index contributed by atoms with van der Waals surface area (Å²) >= 11 is 2.81. The fourth-order valence-corrected chi connectivity index (χ4v) is 3.61. The molecule has 0 spiro atoms. The molecule has 0 radical (unpaired) electrons. The minimum Gasteiger partial charge on any atom is -0.350 e. The van der Waals surface area contributed by atoms with Crippen LogP contribution in [-0.4, -0.2) is 21.9 Å². The first kappa shape index (κ1) is 16.4. The normalized spacial score (nSPS) is 10.7. The van der Waals surface area contributed by atoms with Crippen molar-refractivity contribution in [3.63, 3.8) is 0 Å². The van der Waals surface area contributed by atoms with E-state index < -0.39 is 4.92 Å². The van der Waals surface area contributed by atoms with E-state index in [1.807, 2.05) is 26.2 Å². The Morgan fingerprint density at radius 3 is 2.73 bits per heavy atom. The van der Waals surface area contributed by atoms with Crippen molar-refractivity contribution in [3.8, 4) is 0 Å². The predicted molar refractivity (Wildman–Crippen MR) is 86.7 cm³/mol. The average Bonchev–Trinajstić information content (AvgIpc) is 2.83. The summed E-state index contributed by atoms with van der Waals surface area (Å²) in [6.07, 6.45) is 0. The summed E-state index contributed by atoms with van der Waals surface area (Å²) in [5, 5.41) is 15.6. The lowest BCUT2D eigenvalue weighted by Gasteiger charge is -2.11. The van der Waals surface area contributed by atoms with Gasteiger partial charge < -0.3 is 5.32 Å². The second-order valence-corrected chi connectivity index (χ2v) is 7.07. The number of nitro groups is 1. The summed E-state index contributed by atoms with van der Waals surface area (Å²) in [6, 6.07) is 4.25. The van der Waals surface area contributed by atoms with Gasteiger partial charge >= 0.3 is 0 Å². The van der Waals surface area contributed by atoms with Crippen molar-refractivity contribution >= 4 is 34.7 Å². The summed E-state index contributed by atoms with van der Waals surface area (Å²) in [5.74, 6) is -0.325. The Morgan fingerprint density at radius 1 is 1.45 bits per heavy atom. The Morgan fingerprint density at radius 2 is 2.18 bits per heavy atom. The minimum atomic E-state index is -0.506. The third-order valence-corrected chi connectivity index (χ3v) is 4.77. The zero-order chi connectivity index (χ0) is 16.3. The number of hydrogen-bond donors (Lipinski definition) is 1. The fraction of sp³-hybridized carbons (Fsp3) is 0.286. The van der Waals surface area contributed by atoms with Crippen LogP contribution < -0.4 is 5.32 Å². The summed E-state index contributed by atoms with van der Waals surface area (Å²) in [7, 11) is 0. The lowest BCUT2D eigenvalue weighted by Crippen LogP contribution is -2.30. The predicted octanol–water partition coefficient (Wildman–Crippen LogP) is 3.65. The van der Waals surface area contributed by atoms with Crippen molar-refractivity contribution in [1.82, 2.24) is 10.3 Å². The standard InChI is InChI=1S/C14H15N3O3S2/c1-8(2)15-13(18)11-6-10(17(19)20)4-5-12(11)22-14-16-9(3)7-21-14/h4-8H,1-3H3,(H,15,18). The van der Waals surface area contributed by atoms with Gasteiger partial charge in [-0.3, -0.25) is 14.9 Å². The molecule has 1 heterocycles. The van der Waals surface area contributed by atoms with Crippen molar-refractivity contribution in [1.29, 1.82) is 0 Å². The molecule has 2 rings (SSSR count). The van der Waals surface area contributed by atoms with Gasteiger partial charge in [0.25, 0.3) is 11.6 Å². The summed E-state index contributed by atoms with van der Waals surface area (Å²) in [5.41, 5.74) is 1.09. The van der Waals surface area contributed by atoms with Crippen LogP contribution in [0, 0.1) is 17.0 Å². The van der Waals surface area contributed by atoms with E-state index in [0.29, 0.717) is 10.5 Å². The van der Waals surface area contributed by atoms with Crippen molar-refractivity contribution < 1.29 is 9.72 Å². The van der Waals surface area contributed by atoms with E-state index in [2.05, 4.69) is 10.3 Å². The molecule has 1 amide bonds. The summed E-state index contributed by atoms with van der Waals surface area (Å²) in [4.78, 5) is 27.7. The zero-order valence-corrected chi connectivity index (χ0v) is 14.0. The highest BCUT2D eigenvalue weighted by Gasteiger charge is 2.18. The number of aromatic nitrogens is 1. The zero-order valence-electron chi connectivity index (χ0n) is 12.3. The number of benzene rings is 1. The molecule has 0 atom stereocenters. The Balaban J connectivity index is 2.38. The van der Waals surface area contributed by atoms with Gasteiger partial charge in [-0.25, -0.2) is 4.98 Å². The van der Waals surface area contributed by atoms with Gasteiger partial charge in [-0.2, -0.15) is 0 Å². The molecule has 0 aliphatic heterocycles. The van der Waals surface area contributed by atoms with E-state index in [-0.39, 0.29) is 17.6 Å². The quantitative estimate of drug-likeness (QED) is 0.665. The topological polar surface area (TPSA) is 85.1 Å². The number of thiazole rings is 1. The van der Waals surface area contributed by atoms with Gasteiger partial charge in [-0.05, 0) is 26.8 Å². The van der Waals surface area contributed by atoms with Crippen LogP contribution in [0.2, 0.25) is 0 Å². The van der Waals surface area contributed by atoms with Crippen LogP contribution in [0.15, 0.2) is 32.8 Å². The van der Waals surface area contributed by atoms with E-state index in [1.54, 1.807) is 6.07 Å². The lowest BCUT2D eigenvalue weighted by atomic mass is 10.2. The van der Waals surface area contributed by atoms with Gasteiger partial charge in [0.15, 0.2) is 4.34 Å². The maximum absolute atomic E-state index is 12.3. The first-order chi connectivity index (χ1) is 10.4. The van der Waals surface area contributed by atoms with Crippen molar-refractivity contribution in [2.75, 3.05) is 0 Å². The Labute approximate surface area is 136 Å². The van der Waals surface area contributed by atoms with Gasteiger partial charge in [-0.15, -0.1) is 11.3 Å². The molecule has 0 unspecified atom stereocenters. The number of nitrogens with zero attached hydrogens (tertiary/aromatic N) is 2. The van der Waals surface area contributed by atoms with Gasteiger partial charge in [0.2, 0.25) is 0 Å². The van der Waals surface area contributed by atoms with Gasteiger partial charge in [0.05, 0.1) is 10.5 Å². The number of carbonyl (C=O) groups excluding carboxylic acids is 1. The Hall–Kier alpha value is -1.93. The van der Waals surface area contributed by atoms with Gasteiger partial charge in [-0.1, -0.05) is 11.8 Å². The SMILES string of the molecule is Cc1csc(Sc2ccc([N+](=O)[O-])cc2C(=O)NC(C)C)n1. The molecule has 6 nitrogen and oxygen atoms in total. The van der Waals surface area contributed by atoms with Crippen LogP contribution in [0.5, 0.6) is 0 Å². The number of non-ortho nitro benzene ring substituents is 1. The average molecular weight is 337 g/mol. The van der Waals surface area contributed by atoms with E-state index in [9.17, 15) is 14.9 Å². The third-order valence-electron chi connectivity index (χ3n) is 2.63. The van der Waals surface area contributed by atoms with Crippen LogP contribution >= 0.6 is 23.1 Å². The van der Waals surface area contributed by atoms with Gasteiger partial charge in [0.1, 0.15) is 0 Å². The molecule has 2 aromatic rings. The molecule has 0 aliphatic carbocycles. The monoisotopic (exact) mass is 337 g/mol. The van der Waals surface area contributed by atoms with E-state index >= 15 is 0 Å². The Kier molecular flexibility index (Phi) is 5.15. The summed E-state index contributed by atoms with van der Waals surface area (Å²) in [6.45, 7) is 5.57. The Bertz CT molecular complexity index is 713. The molecule has 0 fully saturated rings. The second kappa shape index (κ2) is 6.89. The highest BCUT2D eigenvalue weighted by atomic mass is 32.2. The van der Waals surface area contributed by atoms with Crippen LogP contribution in [0.25, 0.3) is 0 Å². The van der Waals surface area contributed by atoms with E-state index in [1.165, 1.54) is 35.2 Å². The number of hydrogen-bond acceptors (Lipinski definition) is 6. The van der Waals surface area contributed by atoms with Crippen LogP contribution in [-0.2, 0) is 0 Å².